The molecule has 1 aliphatic carbocycles. The molecule has 0 spiro atoms. The molecule has 3 rings (SSSR count). The van der Waals surface area contributed by atoms with E-state index in [1.165, 1.54) is 0 Å². The third kappa shape index (κ3) is 4.60. The zero-order valence-corrected chi connectivity index (χ0v) is 16.2. The van der Waals surface area contributed by atoms with Crippen molar-refractivity contribution in [3.63, 3.8) is 0 Å². The van der Waals surface area contributed by atoms with Gasteiger partial charge in [-0.3, -0.25) is 9.78 Å². The second kappa shape index (κ2) is 8.73. The Balaban J connectivity index is 1.56. The maximum atomic E-state index is 12.3. The molecule has 3 amide bonds. The fourth-order valence-corrected chi connectivity index (χ4v) is 3.23. The highest BCUT2D eigenvalue weighted by Gasteiger charge is 2.43. The van der Waals surface area contributed by atoms with Gasteiger partial charge < -0.3 is 20.7 Å². The highest BCUT2D eigenvalue weighted by Crippen LogP contribution is 2.40. The first-order valence-corrected chi connectivity index (χ1v) is 9.54. The number of nitrogens with one attached hydrogen (secondary N) is 3. The Hall–Kier alpha value is -3.09. The van der Waals surface area contributed by atoms with E-state index < -0.39 is 5.41 Å². The van der Waals surface area contributed by atoms with Gasteiger partial charge in [0.2, 0.25) is 5.91 Å². The molecule has 0 atom stereocenters. The molecular formula is C21H26N4O3. The van der Waals surface area contributed by atoms with Crippen molar-refractivity contribution in [3.8, 4) is 11.5 Å². The van der Waals surface area contributed by atoms with Crippen molar-refractivity contribution in [2.45, 2.75) is 33.1 Å². The predicted octanol–water partition coefficient (Wildman–Crippen LogP) is 3.61. The van der Waals surface area contributed by atoms with Crippen LogP contribution in [0.2, 0.25) is 0 Å². The van der Waals surface area contributed by atoms with Crippen LogP contribution in [0.3, 0.4) is 0 Å². The van der Waals surface area contributed by atoms with Crippen molar-refractivity contribution in [1.82, 2.24) is 15.6 Å². The number of rotatable bonds is 7. The fraction of sp³-hybridized carbons (Fsp3) is 0.381. The van der Waals surface area contributed by atoms with Gasteiger partial charge >= 0.3 is 6.03 Å². The molecule has 28 heavy (non-hydrogen) atoms. The van der Waals surface area contributed by atoms with Gasteiger partial charge in [-0.2, -0.15) is 0 Å². The van der Waals surface area contributed by atoms with Crippen LogP contribution >= 0.6 is 0 Å². The average Bonchev–Trinajstić information content (AvgIpc) is 2.64. The molecule has 7 heteroatoms. The first kappa shape index (κ1) is 19.7. The smallest absolute Gasteiger partial charge is 0.319 e. The van der Waals surface area contributed by atoms with Crippen LogP contribution in [-0.2, 0) is 4.79 Å². The molecule has 148 valence electrons. The summed E-state index contributed by atoms with van der Waals surface area (Å²) < 4.78 is 5.77. The van der Waals surface area contributed by atoms with Crippen LogP contribution < -0.4 is 20.7 Å². The average molecular weight is 382 g/mol. The molecule has 1 fully saturated rings. The van der Waals surface area contributed by atoms with Gasteiger partial charge in [-0.15, -0.1) is 0 Å². The minimum absolute atomic E-state index is 0.0235. The third-order valence-corrected chi connectivity index (χ3v) is 5.05. The molecule has 3 N–H and O–H groups in total. The number of aromatic nitrogens is 1. The molecule has 7 nitrogen and oxygen atoms in total. The standard InChI is InChI=1S/C21H26N4O3/c1-3-23-19(26)21(9-4-10-21)14-24-20(27)25-18-6-5-17(13-15(18)2)28-16-7-11-22-12-8-16/h5-8,11-13H,3-4,9-10,14H2,1-2H3,(H,23,26)(H2,24,25,27). The lowest BCUT2D eigenvalue weighted by Gasteiger charge is -2.40. The summed E-state index contributed by atoms with van der Waals surface area (Å²) in [6.45, 7) is 4.74. The van der Waals surface area contributed by atoms with E-state index in [0.29, 0.717) is 30.3 Å². The molecule has 1 saturated carbocycles. The molecule has 0 aliphatic heterocycles. The second-order valence-corrected chi connectivity index (χ2v) is 7.06. The van der Waals surface area contributed by atoms with E-state index in [1.54, 1.807) is 36.7 Å². The Morgan fingerprint density at radius 2 is 1.86 bits per heavy atom. The quantitative estimate of drug-likeness (QED) is 0.682. The molecule has 2 aromatic rings. The maximum absolute atomic E-state index is 12.3. The lowest BCUT2D eigenvalue weighted by Crippen LogP contribution is -2.52. The Morgan fingerprint density at radius 1 is 1.11 bits per heavy atom. The van der Waals surface area contributed by atoms with Crippen molar-refractivity contribution in [2.24, 2.45) is 5.41 Å². The highest BCUT2D eigenvalue weighted by molar-refractivity contribution is 5.91. The lowest BCUT2D eigenvalue weighted by molar-refractivity contribution is -0.135. The van der Waals surface area contributed by atoms with Crippen LogP contribution in [0.15, 0.2) is 42.7 Å². The van der Waals surface area contributed by atoms with Gasteiger partial charge in [0.1, 0.15) is 11.5 Å². The molecule has 0 unspecified atom stereocenters. The second-order valence-electron chi connectivity index (χ2n) is 7.06. The molecule has 0 radical (unpaired) electrons. The number of carbonyl (C=O) groups is 2. The Bertz CT molecular complexity index is 835. The molecule has 0 bridgehead atoms. The monoisotopic (exact) mass is 382 g/mol. The minimum Gasteiger partial charge on any atom is -0.457 e. The van der Waals surface area contributed by atoms with E-state index in [9.17, 15) is 9.59 Å². The predicted molar refractivity (Wildman–Crippen MR) is 107 cm³/mol. The summed E-state index contributed by atoms with van der Waals surface area (Å²) in [5.74, 6) is 1.40. The van der Waals surface area contributed by atoms with E-state index in [0.717, 1.165) is 24.8 Å². The first-order chi connectivity index (χ1) is 13.5. The number of benzene rings is 1. The van der Waals surface area contributed by atoms with Gasteiger partial charge in [0.05, 0.1) is 5.41 Å². The molecule has 1 aromatic heterocycles. The summed E-state index contributed by atoms with van der Waals surface area (Å²) in [5.41, 5.74) is 1.11. The number of hydrogen-bond acceptors (Lipinski definition) is 4. The maximum Gasteiger partial charge on any atom is 0.319 e. The zero-order chi connectivity index (χ0) is 20.0. The van der Waals surface area contributed by atoms with Crippen LogP contribution in [0.5, 0.6) is 11.5 Å². The third-order valence-electron chi connectivity index (χ3n) is 5.05. The van der Waals surface area contributed by atoms with E-state index in [4.69, 9.17) is 4.74 Å². The zero-order valence-electron chi connectivity index (χ0n) is 16.2. The molecule has 1 heterocycles. The first-order valence-electron chi connectivity index (χ1n) is 9.54. The lowest BCUT2D eigenvalue weighted by atomic mass is 9.68. The Labute approximate surface area is 164 Å². The van der Waals surface area contributed by atoms with Crippen LogP contribution in [-0.4, -0.2) is 30.0 Å². The molecule has 1 aromatic carbocycles. The van der Waals surface area contributed by atoms with Crippen molar-refractivity contribution >= 4 is 17.6 Å². The summed E-state index contributed by atoms with van der Waals surface area (Å²) in [5, 5.41) is 8.56. The molecule has 1 aliphatic rings. The van der Waals surface area contributed by atoms with Crippen molar-refractivity contribution in [1.29, 1.82) is 0 Å². The SMILES string of the molecule is CCNC(=O)C1(CNC(=O)Nc2ccc(Oc3ccncc3)cc2C)CCC1. The molecular weight excluding hydrogens is 356 g/mol. The number of amides is 3. The van der Waals surface area contributed by atoms with E-state index >= 15 is 0 Å². The number of anilines is 1. The normalized spacial score (nSPS) is 14.5. The van der Waals surface area contributed by atoms with Crippen LogP contribution in [0, 0.1) is 12.3 Å². The van der Waals surface area contributed by atoms with Gasteiger partial charge in [0.15, 0.2) is 0 Å². The summed E-state index contributed by atoms with van der Waals surface area (Å²) in [6.07, 6.45) is 5.95. The van der Waals surface area contributed by atoms with Crippen molar-refractivity contribution in [3.05, 3.63) is 48.3 Å². The van der Waals surface area contributed by atoms with Gasteiger partial charge in [-0.25, -0.2) is 4.79 Å². The van der Waals surface area contributed by atoms with Gasteiger partial charge in [0.25, 0.3) is 0 Å². The van der Waals surface area contributed by atoms with Gasteiger partial charge in [-0.05, 0) is 62.6 Å². The number of ether oxygens (including phenoxy) is 1. The van der Waals surface area contributed by atoms with Crippen LogP contribution in [0.1, 0.15) is 31.7 Å². The number of nitrogens with zero attached hydrogens (tertiary/aromatic N) is 1. The topological polar surface area (TPSA) is 92.4 Å². The number of hydrogen-bond donors (Lipinski definition) is 3. The van der Waals surface area contributed by atoms with Gasteiger partial charge in [-0.1, -0.05) is 6.42 Å². The summed E-state index contributed by atoms with van der Waals surface area (Å²) in [7, 11) is 0. The van der Waals surface area contributed by atoms with E-state index in [-0.39, 0.29) is 11.9 Å². The Morgan fingerprint density at radius 3 is 2.46 bits per heavy atom. The van der Waals surface area contributed by atoms with Crippen LogP contribution in [0.4, 0.5) is 10.5 Å². The van der Waals surface area contributed by atoms with Crippen LogP contribution in [0.25, 0.3) is 0 Å². The number of pyridine rings is 1. The Kier molecular flexibility index (Phi) is 6.13. The minimum atomic E-state index is -0.468. The number of aryl methyl sites for hydroxylation is 1. The van der Waals surface area contributed by atoms with Crippen molar-refractivity contribution in [2.75, 3.05) is 18.4 Å². The van der Waals surface area contributed by atoms with Gasteiger partial charge in [0, 0.05) is 31.2 Å². The summed E-state index contributed by atoms with van der Waals surface area (Å²) in [4.78, 5) is 28.5. The van der Waals surface area contributed by atoms with E-state index in [2.05, 4.69) is 20.9 Å². The largest absolute Gasteiger partial charge is 0.457 e. The van der Waals surface area contributed by atoms with Crippen molar-refractivity contribution < 1.29 is 14.3 Å². The molecule has 0 saturated heterocycles. The highest BCUT2D eigenvalue weighted by atomic mass is 16.5. The number of urea groups is 1. The van der Waals surface area contributed by atoms with E-state index in [1.807, 2.05) is 19.9 Å². The number of carbonyl (C=O) groups excluding carboxylic acids is 2. The summed E-state index contributed by atoms with van der Waals surface area (Å²) >= 11 is 0. The summed E-state index contributed by atoms with van der Waals surface area (Å²) in [6, 6.07) is 8.69. The fourth-order valence-electron chi connectivity index (χ4n) is 3.23.